The first kappa shape index (κ1) is 19.7. The van der Waals surface area contributed by atoms with Crippen LogP contribution in [0.15, 0.2) is 12.7 Å². The number of nitrogens with zero attached hydrogens (tertiary/aromatic N) is 4. The smallest absolute Gasteiger partial charge is 0.165 e. The van der Waals surface area contributed by atoms with E-state index < -0.39 is 0 Å². The zero-order valence-electron chi connectivity index (χ0n) is 16.1. The Morgan fingerprint density at radius 3 is 2.04 bits per heavy atom. The van der Waals surface area contributed by atoms with E-state index in [-0.39, 0.29) is 0 Å². The predicted octanol–water partition coefficient (Wildman–Crippen LogP) is 5.67. The number of fused-ring (bicyclic) bond motifs is 1. The number of hydrogen-bond donors (Lipinski definition) is 1. The molecule has 0 bridgehead atoms. The first-order valence-corrected chi connectivity index (χ1v) is 10.2. The minimum absolute atomic E-state index is 0.475. The van der Waals surface area contributed by atoms with Gasteiger partial charge in [0.25, 0.3) is 0 Å². The maximum absolute atomic E-state index is 5.95. The quantitative estimate of drug-likeness (QED) is 0.475. The Hall–Kier alpha value is -1.65. The summed E-state index contributed by atoms with van der Waals surface area (Å²) < 4.78 is 2.24. The van der Waals surface area contributed by atoms with Gasteiger partial charge in [-0.05, 0) is 12.8 Å². The fourth-order valence-electron chi connectivity index (χ4n) is 3.53. The van der Waals surface area contributed by atoms with Crippen molar-refractivity contribution in [3.05, 3.63) is 12.7 Å². The van der Waals surface area contributed by atoms with E-state index in [0.717, 1.165) is 11.2 Å². The molecule has 0 aliphatic carbocycles. The lowest BCUT2D eigenvalue weighted by molar-refractivity contribution is 0.400. The molecule has 0 fully saturated rings. The highest BCUT2D eigenvalue weighted by Gasteiger charge is 2.16. The molecular weight excluding hydrogens is 310 g/mol. The molecular formula is C20H35N5. The highest BCUT2D eigenvalue weighted by Crippen LogP contribution is 2.27. The molecule has 0 aromatic carbocycles. The highest BCUT2D eigenvalue weighted by atomic mass is 15.1. The van der Waals surface area contributed by atoms with Gasteiger partial charge >= 0.3 is 0 Å². The van der Waals surface area contributed by atoms with Gasteiger partial charge in [-0.2, -0.15) is 0 Å². The third-order valence-corrected chi connectivity index (χ3v) is 5.06. The summed E-state index contributed by atoms with van der Waals surface area (Å²) in [5.74, 6) is 0.480. The number of nitrogen functional groups attached to an aromatic ring is 1. The van der Waals surface area contributed by atoms with Gasteiger partial charge in [0, 0.05) is 6.04 Å². The van der Waals surface area contributed by atoms with Crippen molar-refractivity contribution in [2.45, 2.75) is 96.9 Å². The lowest BCUT2D eigenvalue weighted by Gasteiger charge is -2.19. The summed E-state index contributed by atoms with van der Waals surface area (Å²) in [6.45, 7) is 4.53. The molecule has 0 amide bonds. The average Bonchev–Trinajstić information content (AvgIpc) is 3.05. The van der Waals surface area contributed by atoms with Crippen molar-refractivity contribution in [3.8, 4) is 0 Å². The minimum Gasteiger partial charge on any atom is -0.382 e. The summed E-state index contributed by atoms with van der Waals surface area (Å²) in [5, 5.41) is 0. The summed E-state index contributed by atoms with van der Waals surface area (Å²) in [7, 11) is 0. The van der Waals surface area contributed by atoms with Crippen LogP contribution < -0.4 is 5.73 Å². The first-order chi connectivity index (χ1) is 12.3. The van der Waals surface area contributed by atoms with E-state index in [0.29, 0.717) is 11.9 Å². The molecule has 140 valence electrons. The van der Waals surface area contributed by atoms with E-state index in [9.17, 15) is 0 Å². The fraction of sp³-hybridized carbons (Fsp3) is 0.750. The maximum atomic E-state index is 5.95. The SMILES string of the molecule is CCCCCCCC(CCCCCCC)n1cnc2c(N)ncnc21. The molecule has 5 nitrogen and oxygen atoms in total. The second-order valence-corrected chi connectivity index (χ2v) is 7.14. The van der Waals surface area contributed by atoms with Crippen LogP contribution in [0.5, 0.6) is 0 Å². The molecule has 0 aliphatic heterocycles. The van der Waals surface area contributed by atoms with E-state index in [4.69, 9.17) is 5.73 Å². The molecule has 0 radical (unpaired) electrons. The number of hydrogen-bond acceptors (Lipinski definition) is 4. The lowest BCUT2D eigenvalue weighted by atomic mass is 10.00. The maximum Gasteiger partial charge on any atom is 0.165 e. The van der Waals surface area contributed by atoms with Gasteiger partial charge in [-0.15, -0.1) is 0 Å². The van der Waals surface area contributed by atoms with Crippen molar-refractivity contribution in [2.24, 2.45) is 0 Å². The molecule has 0 atom stereocenters. The van der Waals surface area contributed by atoms with Crippen molar-refractivity contribution >= 4 is 17.0 Å². The number of anilines is 1. The normalized spacial score (nSPS) is 11.6. The van der Waals surface area contributed by atoms with Gasteiger partial charge in [0.2, 0.25) is 0 Å². The largest absolute Gasteiger partial charge is 0.382 e. The molecule has 2 aromatic rings. The Balaban J connectivity index is 2.00. The van der Waals surface area contributed by atoms with Crippen molar-refractivity contribution in [1.82, 2.24) is 19.5 Å². The minimum atomic E-state index is 0.475. The molecule has 5 heteroatoms. The van der Waals surface area contributed by atoms with Crippen LogP contribution in [-0.2, 0) is 0 Å². The number of imidazole rings is 1. The Bertz CT molecular complexity index is 593. The molecule has 2 rings (SSSR count). The third-order valence-electron chi connectivity index (χ3n) is 5.06. The van der Waals surface area contributed by atoms with Gasteiger partial charge in [-0.3, -0.25) is 0 Å². The van der Waals surface area contributed by atoms with E-state index in [2.05, 4.69) is 33.4 Å². The number of unbranched alkanes of at least 4 members (excludes halogenated alkanes) is 8. The molecule has 0 spiro atoms. The Morgan fingerprint density at radius 2 is 1.44 bits per heavy atom. The first-order valence-electron chi connectivity index (χ1n) is 10.2. The van der Waals surface area contributed by atoms with Crippen LogP contribution in [0.2, 0.25) is 0 Å². The molecule has 0 saturated heterocycles. The molecule has 25 heavy (non-hydrogen) atoms. The van der Waals surface area contributed by atoms with Gasteiger partial charge < -0.3 is 10.3 Å². The summed E-state index contributed by atoms with van der Waals surface area (Å²) in [6, 6.07) is 0.475. The fourth-order valence-corrected chi connectivity index (χ4v) is 3.53. The van der Waals surface area contributed by atoms with Gasteiger partial charge in [0.15, 0.2) is 11.5 Å². The van der Waals surface area contributed by atoms with Crippen molar-refractivity contribution < 1.29 is 0 Å². The van der Waals surface area contributed by atoms with E-state index >= 15 is 0 Å². The van der Waals surface area contributed by atoms with Crippen LogP contribution in [0.4, 0.5) is 5.82 Å². The summed E-state index contributed by atoms with van der Waals surface area (Å²) in [5.41, 5.74) is 7.58. The molecule has 0 aliphatic rings. The van der Waals surface area contributed by atoms with E-state index in [1.54, 1.807) is 6.33 Å². The van der Waals surface area contributed by atoms with Gasteiger partial charge in [-0.1, -0.05) is 78.1 Å². The van der Waals surface area contributed by atoms with Crippen LogP contribution in [-0.4, -0.2) is 19.5 Å². The second kappa shape index (κ2) is 11.1. The standard InChI is InChI=1S/C20H35N5/c1-3-5-7-9-11-13-17(14-12-10-8-6-4-2)25-16-24-18-19(21)22-15-23-20(18)25/h15-17H,3-14H2,1-2H3,(H2,21,22,23). The van der Waals surface area contributed by atoms with Gasteiger partial charge in [-0.25, -0.2) is 15.0 Å². The average molecular weight is 346 g/mol. The summed E-state index contributed by atoms with van der Waals surface area (Å²) in [6.07, 6.45) is 19.0. The van der Waals surface area contributed by atoms with Gasteiger partial charge in [0.1, 0.15) is 11.8 Å². The molecule has 2 N–H and O–H groups in total. The zero-order valence-corrected chi connectivity index (χ0v) is 16.1. The number of aromatic nitrogens is 4. The topological polar surface area (TPSA) is 69.6 Å². The Morgan fingerprint density at radius 1 is 0.840 bits per heavy atom. The van der Waals surface area contributed by atoms with Crippen LogP contribution in [0.3, 0.4) is 0 Å². The monoisotopic (exact) mass is 345 g/mol. The second-order valence-electron chi connectivity index (χ2n) is 7.14. The number of rotatable bonds is 13. The van der Waals surface area contributed by atoms with Gasteiger partial charge in [0.05, 0.1) is 6.33 Å². The molecule has 2 heterocycles. The summed E-state index contributed by atoms with van der Waals surface area (Å²) in [4.78, 5) is 13.0. The van der Waals surface area contributed by atoms with E-state index in [1.165, 1.54) is 77.0 Å². The third kappa shape index (κ3) is 5.98. The van der Waals surface area contributed by atoms with Crippen LogP contribution in [0.25, 0.3) is 11.2 Å². The predicted molar refractivity (Wildman–Crippen MR) is 106 cm³/mol. The van der Waals surface area contributed by atoms with Crippen molar-refractivity contribution in [3.63, 3.8) is 0 Å². The molecule has 0 saturated carbocycles. The zero-order chi connectivity index (χ0) is 17.9. The number of nitrogens with two attached hydrogens (primary N) is 1. The van der Waals surface area contributed by atoms with Crippen molar-refractivity contribution in [2.75, 3.05) is 5.73 Å². The highest BCUT2D eigenvalue weighted by molar-refractivity contribution is 5.81. The summed E-state index contributed by atoms with van der Waals surface area (Å²) >= 11 is 0. The Kier molecular flexibility index (Phi) is 8.70. The Labute approximate surface area is 152 Å². The van der Waals surface area contributed by atoms with Crippen molar-refractivity contribution in [1.29, 1.82) is 0 Å². The van der Waals surface area contributed by atoms with Crippen LogP contribution in [0, 0.1) is 0 Å². The molecule has 2 aromatic heterocycles. The van der Waals surface area contributed by atoms with Crippen LogP contribution in [0.1, 0.15) is 96.9 Å². The molecule has 0 unspecified atom stereocenters. The van der Waals surface area contributed by atoms with E-state index in [1.807, 2.05) is 6.33 Å². The van der Waals surface area contributed by atoms with Crippen LogP contribution >= 0.6 is 0 Å². The lowest BCUT2D eigenvalue weighted by Crippen LogP contribution is -2.09.